The monoisotopic (exact) mass is 715 g/mol. The van der Waals surface area contributed by atoms with Gasteiger partial charge in [-0.3, -0.25) is 4.98 Å². The summed E-state index contributed by atoms with van der Waals surface area (Å²) in [6.45, 7) is 0. The van der Waals surface area contributed by atoms with Crippen LogP contribution in [0.15, 0.2) is 200 Å². The molecule has 56 heavy (non-hydrogen) atoms. The maximum atomic E-state index is 5.31. The minimum Gasteiger partial charge on any atom is -0.317 e. The Kier molecular flexibility index (Phi) is 7.42. The number of hydrogen-bond acceptors (Lipinski definition) is 3. The second kappa shape index (κ2) is 13.0. The van der Waals surface area contributed by atoms with Crippen LogP contribution < -0.4 is 0 Å². The molecule has 0 saturated heterocycles. The van der Waals surface area contributed by atoms with Crippen molar-refractivity contribution in [2.24, 2.45) is 0 Å². The lowest BCUT2D eigenvalue weighted by Crippen LogP contribution is -1.96. The summed E-state index contributed by atoms with van der Waals surface area (Å²) in [6.07, 6.45) is 4.01. The van der Waals surface area contributed by atoms with Gasteiger partial charge in [0.2, 0.25) is 0 Å². The first kappa shape index (κ1) is 31.9. The molecule has 0 amide bonds. The normalized spacial score (nSPS) is 11.6. The summed E-state index contributed by atoms with van der Waals surface area (Å²) in [5.74, 6) is 0.690. The van der Waals surface area contributed by atoms with Crippen molar-refractivity contribution in [2.45, 2.75) is 0 Å². The fourth-order valence-corrected chi connectivity index (χ4v) is 8.18. The number of fused-ring (bicyclic) bond motifs is 6. The summed E-state index contributed by atoms with van der Waals surface area (Å²) in [4.78, 5) is 15.0. The highest BCUT2D eigenvalue weighted by atomic mass is 15.0. The van der Waals surface area contributed by atoms with Crippen LogP contribution in [0.2, 0.25) is 0 Å². The van der Waals surface area contributed by atoms with Crippen molar-refractivity contribution in [3.8, 4) is 56.4 Å². The Morgan fingerprint density at radius 2 is 1.09 bits per heavy atom. The lowest BCUT2D eigenvalue weighted by atomic mass is 10.0. The Bertz CT molecular complexity index is 3220. The number of para-hydroxylation sites is 2. The molecule has 11 aromatic rings. The summed E-state index contributed by atoms with van der Waals surface area (Å²) in [6, 6.07) is 66.2. The van der Waals surface area contributed by atoms with Crippen molar-refractivity contribution >= 4 is 43.6 Å². The van der Waals surface area contributed by atoms with E-state index in [0.29, 0.717) is 5.82 Å². The van der Waals surface area contributed by atoms with E-state index < -0.39 is 0 Å². The van der Waals surface area contributed by atoms with Crippen LogP contribution >= 0.6 is 0 Å². The van der Waals surface area contributed by atoms with Gasteiger partial charge in [0.15, 0.2) is 5.82 Å². The molecule has 5 nitrogen and oxygen atoms in total. The minimum absolute atomic E-state index is 0.690. The first-order valence-corrected chi connectivity index (χ1v) is 18.9. The van der Waals surface area contributed by atoms with Gasteiger partial charge < -0.3 is 9.13 Å². The average molecular weight is 716 g/mol. The molecule has 0 aliphatic heterocycles. The molecule has 0 bridgehead atoms. The third kappa shape index (κ3) is 5.29. The second-order valence-electron chi connectivity index (χ2n) is 14.1. The van der Waals surface area contributed by atoms with Gasteiger partial charge in [-0.2, -0.15) is 0 Å². The van der Waals surface area contributed by atoms with Gasteiger partial charge in [-0.1, -0.05) is 109 Å². The zero-order valence-electron chi connectivity index (χ0n) is 30.3. The van der Waals surface area contributed by atoms with Crippen LogP contribution in [0.5, 0.6) is 0 Å². The summed E-state index contributed by atoms with van der Waals surface area (Å²) in [7, 11) is 0. The molecule has 4 aromatic heterocycles. The molecule has 0 atom stereocenters. The molecule has 7 aromatic carbocycles. The fourth-order valence-electron chi connectivity index (χ4n) is 8.18. The second-order valence-corrected chi connectivity index (χ2v) is 14.1. The topological polar surface area (TPSA) is 48.5 Å². The summed E-state index contributed by atoms with van der Waals surface area (Å²) in [5, 5.41) is 4.56. The van der Waals surface area contributed by atoms with Gasteiger partial charge in [0, 0.05) is 62.0 Å². The Hall–Kier alpha value is -7.63. The van der Waals surface area contributed by atoms with Gasteiger partial charge in [0.1, 0.15) is 0 Å². The molecule has 0 radical (unpaired) electrons. The Morgan fingerprint density at radius 1 is 0.393 bits per heavy atom. The largest absolute Gasteiger partial charge is 0.317 e. The standard InChI is InChI=1S/C51H33N5/c1-3-12-34(13-4-1)37-14-11-17-40(32-37)56-47-26-25-38(33-43(47)49-42-29-31-55(39-15-5-2-6-16-39)46(42)27-28-48(49)56)51-53-45-20-8-7-18-41(45)50(54-51)36-23-21-35(22-24-36)44-19-9-10-30-52-44/h1-33H. The van der Waals surface area contributed by atoms with Gasteiger partial charge in [-0.15, -0.1) is 0 Å². The quantitative estimate of drug-likeness (QED) is 0.172. The Balaban J connectivity index is 1.13. The maximum Gasteiger partial charge on any atom is 0.160 e. The first-order chi connectivity index (χ1) is 27.8. The van der Waals surface area contributed by atoms with E-state index in [1.165, 1.54) is 21.9 Å². The highest BCUT2D eigenvalue weighted by molar-refractivity contribution is 6.21. The van der Waals surface area contributed by atoms with Gasteiger partial charge in [-0.05, 0) is 90.0 Å². The SMILES string of the molecule is c1ccc(-c2cccc(-n3c4ccc(-c5nc(-c6ccc(-c7ccccn7)cc6)c6ccccc6n5)cc4c4c5ccn(-c6ccccc6)c5ccc43)c2)cc1. The number of aromatic nitrogens is 5. The first-order valence-electron chi connectivity index (χ1n) is 18.9. The fraction of sp³-hybridized carbons (Fsp3) is 0. The minimum atomic E-state index is 0.690. The van der Waals surface area contributed by atoms with Crippen LogP contribution in [0.1, 0.15) is 0 Å². The molecule has 0 aliphatic carbocycles. The molecule has 0 saturated carbocycles. The van der Waals surface area contributed by atoms with Gasteiger partial charge in [0.05, 0.1) is 33.5 Å². The van der Waals surface area contributed by atoms with Crippen LogP contribution in [-0.2, 0) is 0 Å². The van der Waals surface area contributed by atoms with Crippen molar-refractivity contribution in [2.75, 3.05) is 0 Å². The predicted octanol–water partition coefficient (Wildman–Crippen LogP) is 12.7. The molecule has 11 rings (SSSR count). The van der Waals surface area contributed by atoms with Crippen LogP contribution in [0.4, 0.5) is 0 Å². The predicted molar refractivity (Wildman–Crippen MR) is 230 cm³/mol. The Morgan fingerprint density at radius 3 is 1.93 bits per heavy atom. The van der Waals surface area contributed by atoms with Crippen molar-refractivity contribution < 1.29 is 0 Å². The maximum absolute atomic E-state index is 5.31. The Labute approximate surface area is 323 Å². The van der Waals surface area contributed by atoms with Crippen LogP contribution in [0.3, 0.4) is 0 Å². The highest BCUT2D eigenvalue weighted by Crippen LogP contribution is 2.40. The number of hydrogen-bond donors (Lipinski definition) is 0. The summed E-state index contributed by atoms with van der Waals surface area (Å²) >= 11 is 0. The summed E-state index contributed by atoms with van der Waals surface area (Å²) in [5.41, 5.74) is 13.9. The number of pyridine rings is 1. The van der Waals surface area contributed by atoms with Crippen LogP contribution in [-0.4, -0.2) is 24.1 Å². The van der Waals surface area contributed by atoms with E-state index in [4.69, 9.17) is 9.97 Å². The van der Waals surface area contributed by atoms with E-state index in [9.17, 15) is 0 Å². The number of benzene rings is 7. The molecule has 4 heterocycles. The molecule has 0 aliphatic rings. The van der Waals surface area contributed by atoms with E-state index in [2.05, 4.69) is 184 Å². The molecular formula is C51H33N5. The van der Waals surface area contributed by atoms with E-state index in [1.807, 2.05) is 30.5 Å². The average Bonchev–Trinajstić information content (AvgIpc) is 3.86. The van der Waals surface area contributed by atoms with Crippen LogP contribution in [0.25, 0.3) is 100 Å². The van der Waals surface area contributed by atoms with Crippen molar-refractivity contribution in [3.05, 3.63) is 200 Å². The molecule has 0 N–H and O–H groups in total. The molecule has 262 valence electrons. The van der Waals surface area contributed by atoms with Gasteiger partial charge >= 0.3 is 0 Å². The molecular weight excluding hydrogens is 683 g/mol. The third-order valence-electron chi connectivity index (χ3n) is 10.8. The lowest BCUT2D eigenvalue weighted by molar-refractivity contribution is 1.13. The third-order valence-corrected chi connectivity index (χ3v) is 10.8. The van der Waals surface area contributed by atoms with E-state index >= 15 is 0 Å². The molecule has 0 unspecified atom stereocenters. The van der Waals surface area contributed by atoms with Gasteiger partial charge in [0.25, 0.3) is 0 Å². The van der Waals surface area contributed by atoms with Gasteiger partial charge in [-0.25, -0.2) is 9.97 Å². The van der Waals surface area contributed by atoms with E-state index in [-0.39, 0.29) is 0 Å². The zero-order chi connectivity index (χ0) is 37.0. The van der Waals surface area contributed by atoms with Crippen molar-refractivity contribution in [3.63, 3.8) is 0 Å². The van der Waals surface area contributed by atoms with Crippen LogP contribution in [0, 0.1) is 0 Å². The highest BCUT2D eigenvalue weighted by Gasteiger charge is 2.19. The van der Waals surface area contributed by atoms with Crippen molar-refractivity contribution in [1.29, 1.82) is 0 Å². The van der Waals surface area contributed by atoms with Crippen molar-refractivity contribution in [1.82, 2.24) is 24.1 Å². The molecule has 0 spiro atoms. The number of rotatable bonds is 6. The van der Waals surface area contributed by atoms with E-state index in [1.54, 1.807) is 0 Å². The zero-order valence-corrected chi connectivity index (χ0v) is 30.3. The van der Waals surface area contributed by atoms with E-state index in [0.717, 1.165) is 72.3 Å². The summed E-state index contributed by atoms with van der Waals surface area (Å²) < 4.78 is 4.67. The lowest BCUT2D eigenvalue weighted by Gasteiger charge is -2.12. The molecule has 0 fully saturated rings. The number of nitrogens with zero attached hydrogens (tertiary/aromatic N) is 5. The smallest absolute Gasteiger partial charge is 0.160 e. The molecule has 5 heteroatoms.